The van der Waals surface area contributed by atoms with Crippen molar-refractivity contribution in [1.82, 2.24) is 39.3 Å². The molecule has 4 aromatic carbocycles. The molecule has 2 aliphatic heterocycles. The lowest BCUT2D eigenvalue weighted by Crippen LogP contribution is -2.48. The number of hydrogen-bond acceptors (Lipinski definition) is 8. The molecule has 22 heteroatoms. The van der Waals surface area contributed by atoms with Gasteiger partial charge in [0.2, 0.25) is 0 Å². The number of carbonyl (C=O) groups excluding carboxylic acids is 2. The minimum absolute atomic E-state index is 0. The average molecular weight is 1020 g/mol. The zero-order valence-corrected chi connectivity index (χ0v) is 38.3. The molecular weight excluding hydrogens is 973 g/mol. The van der Waals surface area contributed by atoms with Crippen LogP contribution in [0, 0.1) is 46.5 Å². The lowest BCUT2D eigenvalue weighted by Gasteiger charge is -2.28. The molecule has 2 aliphatic rings. The van der Waals surface area contributed by atoms with E-state index in [2.05, 4.69) is 20.8 Å². The number of nitrogens with one attached hydrogen (secondary N) is 2. The summed E-state index contributed by atoms with van der Waals surface area (Å²) in [5.41, 5.74) is 2.95. The fourth-order valence-corrected chi connectivity index (χ4v) is 8.85. The molecule has 2 fully saturated rings. The van der Waals surface area contributed by atoms with Crippen LogP contribution in [-0.2, 0) is 36.7 Å². The number of carbonyl (C=O) groups is 2. The van der Waals surface area contributed by atoms with Gasteiger partial charge >= 0.3 is 0 Å². The van der Waals surface area contributed by atoms with Crippen molar-refractivity contribution in [2.75, 3.05) is 26.4 Å². The minimum Gasteiger partial charge on any atom is -0.389 e. The molecule has 14 nitrogen and oxygen atoms in total. The Balaban J connectivity index is 0.000000192. The molecule has 0 unspecified atom stereocenters. The van der Waals surface area contributed by atoms with Crippen LogP contribution in [0.3, 0.4) is 0 Å². The number of aryl methyl sites for hydroxylation is 2. The van der Waals surface area contributed by atoms with E-state index >= 15 is 0 Å². The Morgan fingerprint density at radius 3 is 1.23 bits per heavy atom. The second-order valence-corrected chi connectivity index (χ2v) is 17.5. The van der Waals surface area contributed by atoms with Crippen LogP contribution < -0.4 is 10.6 Å². The van der Waals surface area contributed by atoms with E-state index in [1.807, 2.05) is 36.7 Å². The van der Waals surface area contributed by atoms with E-state index < -0.39 is 104 Å². The first-order valence-corrected chi connectivity index (χ1v) is 22.5. The molecule has 0 spiro atoms. The number of aromatic nitrogens is 6. The van der Waals surface area contributed by atoms with Crippen molar-refractivity contribution < 1.29 is 64.4 Å². The number of amides is 2. The Hall–Kier alpha value is -7.40. The molecule has 2 amide bonds. The van der Waals surface area contributed by atoms with E-state index in [-0.39, 0.29) is 44.9 Å². The van der Waals surface area contributed by atoms with Gasteiger partial charge in [0.1, 0.15) is 0 Å². The van der Waals surface area contributed by atoms with Crippen LogP contribution in [0.25, 0.3) is 44.1 Å². The average Bonchev–Trinajstić information content (AvgIpc) is 4.19. The van der Waals surface area contributed by atoms with Crippen LogP contribution in [-0.4, -0.2) is 101 Å². The summed E-state index contributed by atoms with van der Waals surface area (Å²) in [6, 6.07) is 12.9. The molecule has 0 bridgehead atoms. The van der Waals surface area contributed by atoms with E-state index in [1.165, 1.54) is 9.13 Å². The summed E-state index contributed by atoms with van der Waals surface area (Å²) in [5, 5.41) is 32.2. The number of nitrogens with zero attached hydrogens (tertiary/aromatic N) is 6. The first kappa shape index (κ1) is 51.9. The van der Waals surface area contributed by atoms with Crippen LogP contribution >= 0.6 is 0 Å². The predicted molar refractivity (Wildman–Crippen MR) is 251 cm³/mol. The number of aliphatic hydroxyl groups excluding tert-OH is 2. The molecular formula is C51H48F8N8O6. The molecule has 0 saturated carbocycles. The number of ether oxygens (including phenoxy) is 2. The molecule has 384 valence electrons. The predicted octanol–water partition coefficient (Wildman–Crippen LogP) is 7.69. The highest BCUT2D eigenvalue weighted by atomic mass is 19.2. The van der Waals surface area contributed by atoms with Crippen molar-refractivity contribution >= 4 is 33.6 Å². The zero-order valence-electron chi connectivity index (χ0n) is 38.3. The molecule has 0 radical (unpaired) electrons. The summed E-state index contributed by atoms with van der Waals surface area (Å²) in [6.07, 6.45) is 8.00. The quantitative estimate of drug-likeness (QED) is 0.0616. The van der Waals surface area contributed by atoms with Crippen molar-refractivity contribution in [3.8, 4) is 22.3 Å². The highest BCUT2D eigenvalue weighted by Gasteiger charge is 2.33. The van der Waals surface area contributed by atoms with Gasteiger partial charge in [0.15, 0.2) is 46.5 Å². The monoisotopic (exact) mass is 1020 g/mol. The Bertz CT molecular complexity index is 3120. The van der Waals surface area contributed by atoms with Gasteiger partial charge in [-0.3, -0.25) is 19.0 Å². The van der Waals surface area contributed by atoms with Crippen LogP contribution in [0.15, 0.2) is 85.7 Å². The van der Waals surface area contributed by atoms with Crippen molar-refractivity contribution in [1.29, 1.82) is 0 Å². The largest absolute Gasteiger partial charge is 0.389 e. The SMILES string of the molecule is C.Cn1cc(-c2ccc(Cn3cc(C(=O)N[C@@H]4CCOC[C@H]4O)c4c(F)c(F)c(F)c(F)c43)cc2)cn1.Cn1cc(-c2ccc(Cn3cc(C(=O)N[C@H]4CCOC[C@@H]4O)c4c(F)c(F)c(F)c(F)c43)cc2)cn1. The number of halogens is 8. The number of rotatable bonds is 10. The molecule has 4 atom stereocenters. The summed E-state index contributed by atoms with van der Waals surface area (Å²) >= 11 is 0. The third-order valence-corrected chi connectivity index (χ3v) is 12.6. The highest BCUT2D eigenvalue weighted by molar-refractivity contribution is 6.08. The lowest BCUT2D eigenvalue weighted by molar-refractivity contribution is -0.0260. The highest BCUT2D eigenvalue weighted by Crippen LogP contribution is 2.34. The van der Waals surface area contributed by atoms with E-state index in [1.54, 1.807) is 60.1 Å². The minimum atomic E-state index is -2.00. The fraction of sp³-hybridized carbons (Fsp3) is 0.294. The van der Waals surface area contributed by atoms with E-state index in [0.29, 0.717) is 37.2 Å². The molecule has 2 saturated heterocycles. The zero-order chi connectivity index (χ0) is 51.1. The fourth-order valence-electron chi connectivity index (χ4n) is 8.85. The number of aliphatic hydroxyl groups is 2. The number of fused-ring (bicyclic) bond motifs is 2. The van der Waals surface area contributed by atoms with Gasteiger partial charge in [0, 0.05) is 76.3 Å². The van der Waals surface area contributed by atoms with E-state index in [4.69, 9.17) is 9.47 Å². The first-order chi connectivity index (χ1) is 34.5. The van der Waals surface area contributed by atoms with Gasteiger partial charge < -0.3 is 39.5 Å². The summed E-state index contributed by atoms with van der Waals surface area (Å²) in [4.78, 5) is 26.0. The second kappa shape index (κ2) is 21.4. The summed E-state index contributed by atoms with van der Waals surface area (Å²) in [6.45, 7) is 0.509. The maximum Gasteiger partial charge on any atom is 0.253 e. The maximum atomic E-state index is 14.9. The normalized spacial score (nSPS) is 17.8. The number of hydrogen-bond donors (Lipinski definition) is 4. The van der Waals surface area contributed by atoms with Gasteiger partial charge in [0.25, 0.3) is 11.8 Å². The number of benzene rings is 4. The van der Waals surface area contributed by atoms with E-state index in [9.17, 15) is 54.9 Å². The lowest BCUT2D eigenvalue weighted by atomic mass is 10.0. The molecule has 8 aromatic rings. The van der Waals surface area contributed by atoms with Gasteiger partial charge in [-0.05, 0) is 35.1 Å². The Kier molecular flexibility index (Phi) is 15.2. The van der Waals surface area contributed by atoms with Crippen LogP contribution in [0.1, 0.15) is 52.1 Å². The van der Waals surface area contributed by atoms with Crippen LogP contribution in [0.4, 0.5) is 35.1 Å². The van der Waals surface area contributed by atoms with Gasteiger partial charge in [0.05, 0.1) is 82.8 Å². The van der Waals surface area contributed by atoms with Crippen LogP contribution in [0.2, 0.25) is 0 Å². The molecule has 10 rings (SSSR count). The van der Waals surface area contributed by atoms with Crippen molar-refractivity contribution in [3.05, 3.63) is 155 Å². The first-order valence-electron chi connectivity index (χ1n) is 22.5. The molecule has 4 aromatic heterocycles. The Morgan fingerprint density at radius 1 is 0.548 bits per heavy atom. The Morgan fingerprint density at radius 2 is 0.904 bits per heavy atom. The summed E-state index contributed by atoms with van der Waals surface area (Å²) < 4.78 is 132. The van der Waals surface area contributed by atoms with Gasteiger partial charge in [-0.15, -0.1) is 0 Å². The molecule has 4 N–H and O–H groups in total. The summed E-state index contributed by atoms with van der Waals surface area (Å²) in [7, 11) is 3.59. The van der Waals surface area contributed by atoms with Gasteiger partial charge in [-0.25, -0.2) is 35.1 Å². The topological polar surface area (TPSA) is 163 Å². The standard InChI is InChI=1S/2C25H22F4N4O3.CH4/c2*1-32-10-15(8-30-32)14-4-2-13(3-5-14)9-33-11-16(25(35)31-17-6-7-36-12-18(17)34)19-20(26)21(27)22(28)23(29)24(19)33;/h2*2-5,8,10-11,17-18,34H,6-7,9,12H2,1H3,(H,31,35);1H4/t2*17-,18-;/m10./s1. The maximum absolute atomic E-state index is 14.9. The smallest absolute Gasteiger partial charge is 0.253 e. The summed E-state index contributed by atoms with van der Waals surface area (Å²) in [5.74, 6) is -16.1. The molecule has 73 heavy (non-hydrogen) atoms. The van der Waals surface area contributed by atoms with Crippen molar-refractivity contribution in [2.45, 2.75) is 57.6 Å². The molecule has 6 heterocycles. The van der Waals surface area contributed by atoms with Gasteiger partial charge in [-0.1, -0.05) is 56.0 Å². The molecule has 0 aliphatic carbocycles. The van der Waals surface area contributed by atoms with Crippen LogP contribution in [0.5, 0.6) is 0 Å². The van der Waals surface area contributed by atoms with Crippen molar-refractivity contribution in [2.24, 2.45) is 14.1 Å². The Labute approximate surface area is 411 Å². The van der Waals surface area contributed by atoms with Gasteiger partial charge in [-0.2, -0.15) is 10.2 Å². The second-order valence-electron chi connectivity index (χ2n) is 17.5. The third-order valence-electron chi connectivity index (χ3n) is 12.6. The van der Waals surface area contributed by atoms with E-state index in [0.717, 1.165) is 34.6 Å². The third kappa shape index (κ3) is 10.3. The van der Waals surface area contributed by atoms with Crippen molar-refractivity contribution in [3.63, 3.8) is 0 Å².